The van der Waals surface area contributed by atoms with Crippen LogP contribution in [0.4, 0.5) is 0 Å². The first kappa shape index (κ1) is 11.4. The van der Waals surface area contributed by atoms with Crippen molar-refractivity contribution in [3.63, 3.8) is 0 Å². The highest BCUT2D eigenvalue weighted by Gasteiger charge is 2.10. The van der Waals surface area contributed by atoms with Gasteiger partial charge in [0, 0.05) is 10.4 Å². The van der Waals surface area contributed by atoms with Crippen molar-refractivity contribution in [1.82, 2.24) is 4.98 Å². The molecular formula is C11H10ClNO2S. The molecule has 2 aromatic rings. The lowest BCUT2D eigenvalue weighted by molar-refractivity contribution is 0.278. The molecule has 0 spiro atoms. The zero-order valence-corrected chi connectivity index (χ0v) is 10.2. The Labute approximate surface area is 102 Å². The molecule has 1 N–H and O–H groups in total. The van der Waals surface area contributed by atoms with Crippen LogP contribution in [0.5, 0.6) is 5.75 Å². The Morgan fingerprint density at radius 1 is 1.50 bits per heavy atom. The summed E-state index contributed by atoms with van der Waals surface area (Å²) in [5.74, 6) is 0.686. The molecule has 0 atom stereocenters. The minimum absolute atomic E-state index is 0.0492. The number of halogens is 1. The van der Waals surface area contributed by atoms with Crippen LogP contribution < -0.4 is 4.74 Å². The number of thiazole rings is 1. The van der Waals surface area contributed by atoms with Gasteiger partial charge in [0.15, 0.2) is 0 Å². The van der Waals surface area contributed by atoms with Crippen LogP contribution >= 0.6 is 22.9 Å². The van der Waals surface area contributed by atoms with E-state index in [1.54, 1.807) is 19.2 Å². The molecule has 3 nitrogen and oxygen atoms in total. The number of benzene rings is 1. The molecule has 16 heavy (non-hydrogen) atoms. The summed E-state index contributed by atoms with van der Waals surface area (Å²) in [6.07, 6.45) is 0. The summed E-state index contributed by atoms with van der Waals surface area (Å²) in [6.45, 7) is -0.0492. The second kappa shape index (κ2) is 4.82. The highest BCUT2D eigenvalue weighted by Crippen LogP contribution is 2.34. The molecule has 84 valence electrons. The summed E-state index contributed by atoms with van der Waals surface area (Å²) >= 11 is 7.35. The molecule has 0 radical (unpaired) electrons. The van der Waals surface area contributed by atoms with Crippen LogP contribution in [0.2, 0.25) is 5.02 Å². The van der Waals surface area contributed by atoms with Gasteiger partial charge >= 0.3 is 0 Å². The molecule has 0 saturated heterocycles. The van der Waals surface area contributed by atoms with Gasteiger partial charge in [0.1, 0.15) is 10.8 Å². The van der Waals surface area contributed by atoms with Gasteiger partial charge in [-0.25, -0.2) is 4.98 Å². The smallest absolute Gasteiger partial charge is 0.130 e. The molecule has 0 aliphatic heterocycles. The number of hydrogen-bond acceptors (Lipinski definition) is 4. The van der Waals surface area contributed by atoms with E-state index in [1.807, 2.05) is 11.4 Å². The first-order valence-electron chi connectivity index (χ1n) is 4.63. The van der Waals surface area contributed by atoms with Crippen LogP contribution in [-0.4, -0.2) is 17.2 Å². The van der Waals surface area contributed by atoms with Crippen LogP contribution in [0.3, 0.4) is 0 Å². The third-order valence-corrected chi connectivity index (χ3v) is 3.27. The zero-order chi connectivity index (χ0) is 11.5. The van der Waals surface area contributed by atoms with E-state index < -0.39 is 0 Å². The summed E-state index contributed by atoms with van der Waals surface area (Å²) in [5, 5.41) is 12.2. The average Bonchev–Trinajstić information content (AvgIpc) is 2.77. The Kier molecular flexibility index (Phi) is 3.43. The highest BCUT2D eigenvalue weighted by atomic mass is 35.5. The van der Waals surface area contributed by atoms with Crippen LogP contribution in [0, 0.1) is 0 Å². The predicted octanol–water partition coefficient (Wildman–Crippen LogP) is 2.96. The maximum absolute atomic E-state index is 8.96. The number of aromatic nitrogens is 1. The van der Waals surface area contributed by atoms with Crippen molar-refractivity contribution < 1.29 is 9.84 Å². The second-order valence-electron chi connectivity index (χ2n) is 3.15. The zero-order valence-electron chi connectivity index (χ0n) is 8.61. The maximum Gasteiger partial charge on any atom is 0.130 e. The molecular weight excluding hydrogens is 246 g/mol. The van der Waals surface area contributed by atoms with Crippen molar-refractivity contribution in [3.8, 4) is 16.3 Å². The van der Waals surface area contributed by atoms with Gasteiger partial charge in [-0.3, -0.25) is 0 Å². The molecule has 0 aliphatic carbocycles. The van der Waals surface area contributed by atoms with Crippen LogP contribution in [-0.2, 0) is 6.61 Å². The number of rotatable bonds is 3. The number of ether oxygens (including phenoxy) is 1. The molecule has 0 unspecified atom stereocenters. The Bertz CT molecular complexity index is 498. The molecule has 1 aromatic carbocycles. The van der Waals surface area contributed by atoms with Gasteiger partial charge in [0.05, 0.1) is 25.0 Å². The van der Waals surface area contributed by atoms with Crippen molar-refractivity contribution in [3.05, 3.63) is 34.3 Å². The van der Waals surface area contributed by atoms with Crippen molar-refractivity contribution in [2.45, 2.75) is 6.61 Å². The molecule has 0 aliphatic rings. The summed E-state index contributed by atoms with van der Waals surface area (Å²) in [5.41, 5.74) is 1.55. The monoisotopic (exact) mass is 255 g/mol. The van der Waals surface area contributed by atoms with Gasteiger partial charge in [-0.2, -0.15) is 0 Å². The highest BCUT2D eigenvalue weighted by molar-refractivity contribution is 7.13. The molecule has 5 heteroatoms. The molecule has 0 saturated carbocycles. The summed E-state index contributed by atoms with van der Waals surface area (Å²) < 4.78 is 5.24. The Morgan fingerprint density at radius 3 is 2.94 bits per heavy atom. The lowest BCUT2D eigenvalue weighted by Gasteiger charge is -2.05. The van der Waals surface area contributed by atoms with E-state index in [0.717, 1.165) is 10.6 Å². The first-order chi connectivity index (χ1) is 7.74. The SMILES string of the molecule is COc1cc(Cl)ccc1-c1nc(CO)cs1. The van der Waals surface area contributed by atoms with E-state index in [4.69, 9.17) is 21.4 Å². The number of aliphatic hydroxyl groups excluding tert-OH is 1. The number of aliphatic hydroxyl groups is 1. The predicted molar refractivity (Wildman–Crippen MR) is 65.0 cm³/mol. The maximum atomic E-state index is 8.96. The van der Waals surface area contributed by atoms with Gasteiger partial charge in [0.2, 0.25) is 0 Å². The lowest BCUT2D eigenvalue weighted by atomic mass is 10.2. The number of hydrogen-bond donors (Lipinski definition) is 1. The quantitative estimate of drug-likeness (QED) is 0.917. The van der Waals surface area contributed by atoms with Gasteiger partial charge in [-0.15, -0.1) is 11.3 Å². The van der Waals surface area contributed by atoms with Crippen LogP contribution in [0.15, 0.2) is 23.6 Å². The second-order valence-corrected chi connectivity index (χ2v) is 4.44. The number of nitrogens with zero attached hydrogens (tertiary/aromatic N) is 1. The van der Waals surface area contributed by atoms with E-state index in [0.29, 0.717) is 16.5 Å². The molecule has 1 heterocycles. The Balaban J connectivity index is 2.46. The van der Waals surface area contributed by atoms with Crippen molar-refractivity contribution in [1.29, 1.82) is 0 Å². The normalized spacial score (nSPS) is 10.4. The van der Waals surface area contributed by atoms with Crippen molar-refractivity contribution in [2.75, 3.05) is 7.11 Å². The van der Waals surface area contributed by atoms with Crippen LogP contribution in [0.1, 0.15) is 5.69 Å². The summed E-state index contributed by atoms with van der Waals surface area (Å²) in [7, 11) is 1.59. The van der Waals surface area contributed by atoms with Crippen molar-refractivity contribution >= 4 is 22.9 Å². The molecule has 2 rings (SSSR count). The Hall–Kier alpha value is -1.10. The van der Waals surface area contributed by atoms with Crippen LogP contribution in [0.25, 0.3) is 10.6 Å². The van der Waals surface area contributed by atoms with Gasteiger partial charge in [-0.1, -0.05) is 11.6 Å². The third kappa shape index (κ3) is 2.19. The fraction of sp³-hybridized carbons (Fsp3) is 0.182. The molecule has 1 aromatic heterocycles. The lowest BCUT2D eigenvalue weighted by Crippen LogP contribution is -1.88. The van der Waals surface area contributed by atoms with E-state index >= 15 is 0 Å². The van der Waals surface area contributed by atoms with Gasteiger partial charge in [-0.05, 0) is 18.2 Å². The minimum atomic E-state index is -0.0492. The topological polar surface area (TPSA) is 42.4 Å². The minimum Gasteiger partial charge on any atom is -0.496 e. The van der Waals surface area contributed by atoms with E-state index in [1.165, 1.54) is 11.3 Å². The van der Waals surface area contributed by atoms with E-state index in [2.05, 4.69) is 4.98 Å². The fourth-order valence-corrected chi connectivity index (χ4v) is 2.35. The van der Waals surface area contributed by atoms with Gasteiger partial charge in [0.25, 0.3) is 0 Å². The standard InChI is InChI=1S/C11H10ClNO2S/c1-15-10-4-7(12)2-3-9(10)11-13-8(5-14)6-16-11/h2-4,6,14H,5H2,1H3. The van der Waals surface area contributed by atoms with E-state index in [-0.39, 0.29) is 6.61 Å². The van der Waals surface area contributed by atoms with Crippen molar-refractivity contribution in [2.24, 2.45) is 0 Å². The largest absolute Gasteiger partial charge is 0.496 e. The number of methoxy groups -OCH3 is 1. The first-order valence-corrected chi connectivity index (χ1v) is 5.89. The Morgan fingerprint density at radius 2 is 2.31 bits per heavy atom. The van der Waals surface area contributed by atoms with E-state index in [9.17, 15) is 0 Å². The molecule has 0 amide bonds. The molecule has 0 fully saturated rings. The molecule has 0 bridgehead atoms. The average molecular weight is 256 g/mol. The summed E-state index contributed by atoms with van der Waals surface area (Å²) in [6, 6.07) is 5.40. The summed E-state index contributed by atoms with van der Waals surface area (Å²) in [4.78, 5) is 4.28. The third-order valence-electron chi connectivity index (χ3n) is 2.11. The fourth-order valence-electron chi connectivity index (χ4n) is 1.35. The van der Waals surface area contributed by atoms with Gasteiger partial charge < -0.3 is 9.84 Å².